The number of hydrogen-bond donors (Lipinski definition) is 2. The lowest BCUT2D eigenvalue weighted by Crippen LogP contribution is -2.20. The molecule has 0 saturated carbocycles. The molecule has 1 aromatic carbocycles. The molecule has 0 fully saturated rings. The molecule has 1 heterocycles. The van der Waals surface area contributed by atoms with Crippen LogP contribution in [0.3, 0.4) is 0 Å². The van der Waals surface area contributed by atoms with Crippen LogP contribution in [-0.4, -0.2) is 20.0 Å². The molecule has 0 aliphatic rings. The number of benzene rings is 1. The molecule has 0 radical (unpaired) electrons. The SMILES string of the molecule is CCOc1cccc(NS(=O)(=O)c2c[nH]ccc2=O)c1. The van der Waals surface area contributed by atoms with Gasteiger partial charge in [0.15, 0.2) is 4.90 Å². The van der Waals surface area contributed by atoms with E-state index in [1.807, 2.05) is 6.92 Å². The Kier molecular flexibility index (Phi) is 4.09. The van der Waals surface area contributed by atoms with Crippen molar-refractivity contribution in [3.63, 3.8) is 0 Å². The van der Waals surface area contributed by atoms with E-state index in [1.54, 1.807) is 24.3 Å². The number of nitrogens with one attached hydrogen (secondary N) is 2. The van der Waals surface area contributed by atoms with Gasteiger partial charge >= 0.3 is 0 Å². The van der Waals surface area contributed by atoms with Crippen molar-refractivity contribution in [1.29, 1.82) is 0 Å². The van der Waals surface area contributed by atoms with Crippen LogP contribution in [0.2, 0.25) is 0 Å². The van der Waals surface area contributed by atoms with Crippen molar-refractivity contribution in [2.45, 2.75) is 11.8 Å². The van der Waals surface area contributed by atoms with E-state index in [0.29, 0.717) is 18.0 Å². The van der Waals surface area contributed by atoms with E-state index in [1.165, 1.54) is 6.20 Å². The molecule has 0 saturated heterocycles. The van der Waals surface area contributed by atoms with E-state index in [4.69, 9.17) is 4.74 Å². The molecule has 2 aromatic rings. The average Bonchev–Trinajstić information content (AvgIpc) is 2.39. The molecule has 0 unspecified atom stereocenters. The van der Waals surface area contributed by atoms with Gasteiger partial charge in [-0.05, 0) is 19.1 Å². The Hall–Kier alpha value is -2.28. The minimum atomic E-state index is -3.93. The molecule has 106 valence electrons. The van der Waals surface area contributed by atoms with Crippen molar-refractivity contribution in [3.05, 3.63) is 52.9 Å². The van der Waals surface area contributed by atoms with Crippen molar-refractivity contribution < 1.29 is 13.2 Å². The van der Waals surface area contributed by atoms with Gasteiger partial charge in [-0.2, -0.15) is 0 Å². The first-order valence-electron chi connectivity index (χ1n) is 5.96. The van der Waals surface area contributed by atoms with Gasteiger partial charge in [-0.1, -0.05) is 6.07 Å². The van der Waals surface area contributed by atoms with Gasteiger partial charge in [0.1, 0.15) is 5.75 Å². The Morgan fingerprint density at radius 2 is 2.10 bits per heavy atom. The molecule has 7 heteroatoms. The topological polar surface area (TPSA) is 88.3 Å². The fourth-order valence-electron chi connectivity index (χ4n) is 1.64. The minimum absolute atomic E-state index is 0.332. The van der Waals surface area contributed by atoms with Crippen LogP contribution in [-0.2, 0) is 10.0 Å². The number of sulfonamides is 1. The number of H-pyrrole nitrogens is 1. The van der Waals surface area contributed by atoms with Gasteiger partial charge in [0.05, 0.1) is 12.3 Å². The summed E-state index contributed by atoms with van der Waals surface area (Å²) in [6.07, 6.45) is 2.52. The van der Waals surface area contributed by atoms with Gasteiger partial charge in [-0.3, -0.25) is 9.52 Å². The lowest BCUT2D eigenvalue weighted by atomic mass is 10.3. The molecule has 0 spiro atoms. The lowest BCUT2D eigenvalue weighted by Gasteiger charge is -2.09. The Morgan fingerprint density at radius 3 is 2.80 bits per heavy atom. The number of aromatic nitrogens is 1. The summed E-state index contributed by atoms with van der Waals surface area (Å²) in [6, 6.07) is 7.68. The van der Waals surface area contributed by atoms with E-state index < -0.39 is 15.5 Å². The first-order valence-corrected chi connectivity index (χ1v) is 7.44. The van der Waals surface area contributed by atoms with Crippen LogP contribution >= 0.6 is 0 Å². The number of aromatic amines is 1. The zero-order chi connectivity index (χ0) is 14.6. The monoisotopic (exact) mass is 294 g/mol. The predicted octanol–water partition coefficient (Wildman–Crippen LogP) is 1.57. The molecular formula is C13H14N2O4S. The van der Waals surface area contributed by atoms with Crippen molar-refractivity contribution in [1.82, 2.24) is 4.98 Å². The predicted molar refractivity (Wildman–Crippen MR) is 75.5 cm³/mol. The van der Waals surface area contributed by atoms with E-state index >= 15 is 0 Å². The third-order valence-corrected chi connectivity index (χ3v) is 3.88. The summed E-state index contributed by atoms with van der Waals surface area (Å²) in [5.41, 5.74) is -0.239. The molecular weight excluding hydrogens is 280 g/mol. The Bertz CT molecular complexity index is 753. The summed E-state index contributed by atoms with van der Waals surface area (Å²) in [6.45, 7) is 2.31. The summed E-state index contributed by atoms with van der Waals surface area (Å²) in [5, 5.41) is 0. The quantitative estimate of drug-likeness (QED) is 0.876. The van der Waals surface area contributed by atoms with Crippen molar-refractivity contribution in [2.24, 2.45) is 0 Å². The van der Waals surface area contributed by atoms with Gasteiger partial charge in [-0.25, -0.2) is 8.42 Å². The average molecular weight is 294 g/mol. The van der Waals surface area contributed by atoms with Crippen molar-refractivity contribution in [3.8, 4) is 5.75 Å². The summed E-state index contributed by atoms with van der Waals surface area (Å²) >= 11 is 0. The number of anilines is 1. The maximum absolute atomic E-state index is 12.1. The minimum Gasteiger partial charge on any atom is -0.494 e. The second-order valence-corrected chi connectivity index (χ2v) is 5.59. The summed E-state index contributed by atoms with van der Waals surface area (Å²) < 4.78 is 31.9. The zero-order valence-corrected chi connectivity index (χ0v) is 11.6. The van der Waals surface area contributed by atoms with Crippen molar-refractivity contribution in [2.75, 3.05) is 11.3 Å². The van der Waals surface area contributed by atoms with Crippen molar-refractivity contribution >= 4 is 15.7 Å². The molecule has 0 atom stereocenters. The maximum atomic E-state index is 12.1. The highest BCUT2D eigenvalue weighted by atomic mass is 32.2. The van der Waals surface area contributed by atoms with E-state index in [9.17, 15) is 13.2 Å². The molecule has 0 bridgehead atoms. The van der Waals surface area contributed by atoms with E-state index in [2.05, 4.69) is 9.71 Å². The van der Waals surface area contributed by atoms with Gasteiger partial charge in [-0.15, -0.1) is 0 Å². The number of hydrogen-bond acceptors (Lipinski definition) is 4. The molecule has 0 amide bonds. The van der Waals surface area contributed by atoms with Crippen LogP contribution in [0.4, 0.5) is 5.69 Å². The number of pyridine rings is 1. The Balaban J connectivity index is 2.31. The zero-order valence-electron chi connectivity index (χ0n) is 10.8. The second-order valence-electron chi connectivity index (χ2n) is 3.94. The third kappa shape index (κ3) is 3.18. The Morgan fingerprint density at radius 1 is 1.30 bits per heavy atom. The van der Waals surface area contributed by atoms with E-state index in [0.717, 1.165) is 12.3 Å². The van der Waals surface area contributed by atoms with Crippen LogP contribution < -0.4 is 14.9 Å². The fourth-order valence-corrected chi connectivity index (χ4v) is 2.74. The summed E-state index contributed by atoms with van der Waals surface area (Å²) in [4.78, 5) is 13.8. The molecule has 1 aromatic heterocycles. The van der Waals surface area contributed by atoms with Gasteiger partial charge in [0.2, 0.25) is 5.43 Å². The largest absolute Gasteiger partial charge is 0.494 e. The highest BCUT2D eigenvalue weighted by Crippen LogP contribution is 2.19. The number of rotatable bonds is 5. The molecule has 0 aliphatic carbocycles. The van der Waals surface area contributed by atoms with E-state index in [-0.39, 0.29) is 4.90 Å². The highest BCUT2D eigenvalue weighted by molar-refractivity contribution is 7.92. The van der Waals surface area contributed by atoms with Crippen LogP contribution in [0.1, 0.15) is 6.92 Å². The summed E-state index contributed by atoms with van der Waals surface area (Å²) in [7, 11) is -3.93. The summed E-state index contributed by atoms with van der Waals surface area (Å²) in [5.74, 6) is 0.551. The first-order chi connectivity index (χ1) is 9.53. The normalized spacial score (nSPS) is 11.1. The Labute approximate surface area is 116 Å². The molecule has 6 nitrogen and oxygen atoms in total. The highest BCUT2D eigenvalue weighted by Gasteiger charge is 2.17. The smallest absolute Gasteiger partial charge is 0.267 e. The van der Waals surface area contributed by atoms with Gasteiger partial charge in [0, 0.05) is 24.5 Å². The van der Waals surface area contributed by atoms with Gasteiger partial charge in [0.25, 0.3) is 10.0 Å². The first kappa shape index (κ1) is 14.1. The standard InChI is InChI=1S/C13H14N2O4S/c1-2-19-11-5-3-4-10(8-11)15-20(17,18)13-9-14-7-6-12(13)16/h3-9,15H,2H2,1H3,(H,14,16). The second kappa shape index (κ2) is 5.79. The van der Waals surface area contributed by atoms with Crippen LogP contribution in [0.5, 0.6) is 5.75 Å². The maximum Gasteiger partial charge on any atom is 0.267 e. The lowest BCUT2D eigenvalue weighted by molar-refractivity contribution is 0.340. The molecule has 20 heavy (non-hydrogen) atoms. The molecule has 0 aliphatic heterocycles. The van der Waals surface area contributed by atoms with Gasteiger partial charge < -0.3 is 9.72 Å². The third-order valence-electron chi connectivity index (χ3n) is 2.47. The van der Waals surface area contributed by atoms with Crippen LogP contribution in [0.25, 0.3) is 0 Å². The van der Waals surface area contributed by atoms with Crippen LogP contribution in [0.15, 0.2) is 52.4 Å². The molecule has 2 rings (SSSR count). The molecule has 2 N–H and O–H groups in total. The number of ether oxygens (including phenoxy) is 1. The fraction of sp³-hybridized carbons (Fsp3) is 0.154. The van der Waals surface area contributed by atoms with Crippen LogP contribution in [0, 0.1) is 0 Å².